The van der Waals surface area contributed by atoms with Crippen molar-refractivity contribution in [3.05, 3.63) is 29.3 Å². The molecule has 0 aliphatic rings. The number of aliphatic hydroxyl groups excluding tert-OH is 1. The zero-order valence-electron chi connectivity index (χ0n) is 12.0. The lowest BCUT2D eigenvalue weighted by Crippen LogP contribution is -2.12. The van der Waals surface area contributed by atoms with Gasteiger partial charge in [-0.1, -0.05) is 11.8 Å². The summed E-state index contributed by atoms with van der Waals surface area (Å²) in [5.41, 5.74) is 2.66. The number of nitrogens with one attached hydrogen (secondary N) is 1. The van der Waals surface area contributed by atoms with E-state index in [-0.39, 0.29) is 12.5 Å². The number of methoxy groups -OCH3 is 1. The minimum Gasteiger partial charge on any atom is -0.395 e. The Morgan fingerprint density at radius 2 is 2.25 bits per heavy atom. The van der Waals surface area contributed by atoms with Crippen LogP contribution in [0.15, 0.2) is 18.2 Å². The first kappa shape index (κ1) is 16.2. The van der Waals surface area contributed by atoms with Crippen molar-refractivity contribution in [1.29, 1.82) is 0 Å². The first-order valence-corrected chi connectivity index (χ1v) is 6.66. The van der Waals surface area contributed by atoms with Crippen LogP contribution in [0.4, 0.5) is 5.69 Å². The van der Waals surface area contributed by atoms with Gasteiger partial charge in [0.1, 0.15) is 0 Å². The number of anilines is 1. The summed E-state index contributed by atoms with van der Waals surface area (Å²) in [6.07, 6.45) is 1.63. The molecule has 0 spiro atoms. The molecule has 1 aromatic rings. The van der Waals surface area contributed by atoms with Crippen LogP contribution in [0, 0.1) is 18.8 Å². The third kappa shape index (κ3) is 5.87. The number of amides is 1. The summed E-state index contributed by atoms with van der Waals surface area (Å²) in [4.78, 5) is 11.7. The van der Waals surface area contributed by atoms with Gasteiger partial charge in [-0.2, -0.15) is 0 Å². The molecule has 4 nitrogen and oxygen atoms in total. The Morgan fingerprint density at radius 1 is 1.45 bits per heavy atom. The lowest BCUT2D eigenvalue weighted by atomic mass is 10.1. The largest absolute Gasteiger partial charge is 0.395 e. The number of hydrogen-bond donors (Lipinski definition) is 2. The molecule has 0 aliphatic carbocycles. The zero-order chi connectivity index (χ0) is 14.8. The van der Waals surface area contributed by atoms with Gasteiger partial charge in [-0.15, -0.1) is 0 Å². The molecule has 0 heterocycles. The maximum atomic E-state index is 11.7. The fourth-order valence-electron chi connectivity index (χ4n) is 1.69. The predicted molar refractivity (Wildman–Crippen MR) is 79.5 cm³/mol. The van der Waals surface area contributed by atoms with Gasteiger partial charge in [0.2, 0.25) is 5.91 Å². The second-order valence-corrected chi connectivity index (χ2v) is 4.45. The summed E-state index contributed by atoms with van der Waals surface area (Å²) < 4.78 is 4.92. The van der Waals surface area contributed by atoms with Crippen LogP contribution in [0.3, 0.4) is 0 Å². The van der Waals surface area contributed by atoms with E-state index in [0.29, 0.717) is 25.9 Å². The fourth-order valence-corrected chi connectivity index (χ4v) is 1.69. The molecule has 0 aromatic heterocycles. The van der Waals surface area contributed by atoms with Crippen LogP contribution < -0.4 is 5.32 Å². The van der Waals surface area contributed by atoms with Crippen molar-refractivity contribution < 1.29 is 14.6 Å². The molecule has 0 unspecified atom stereocenters. The molecular weight excluding hydrogens is 254 g/mol. The number of aryl methyl sites for hydroxylation is 1. The molecule has 108 valence electrons. The predicted octanol–water partition coefficient (Wildman–Crippen LogP) is 2.09. The number of carbonyl (C=O) groups excluding carboxylic acids is 1. The zero-order valence-corrected chi connectivity index (χ0v) is 12.0. The van der Waals surface area contributed by atoms with Crippen molar-refractivity contribution >= 4 is 11.6 Å². The third-order valence-corrected chi connectivity index (χ3v) is 2.72. The van der Waals surface area contributed by atoms with Crippen LogP contribution >= 0.6 is 0 Å². The Balaban J connectivity index is 2.60. The van der Waals surface area contributed by atoms with Crippen molar-refractivity contribution in [2.24, 2.45) is 0 Å². The summed E-state index contributed by atoms with van der Waals surface area (Å²) in [5, 5.41) is 11.6. The van der Waals surface area contributed by atoms with Crippen molar-refractivity contribution in [3.63, 3.8) is 0 Å². The molecule has 0 saturated carbocycles. The summed E-state index contributed by atoms with van der Waals surface area (Å²) in [6.45, 7) is 2.59. The molecule has 0 saturated heterocycles. The van der Waals surface area contributed by atoms with Crippen LogP contribution in [0.25, 0.3) is 0 Å². The van der Waals surface area contributed by atoms with Crippen molar-refractivity contribution in [3.8, 4) is 11.8 Å². The Labute approximate surface area is 120 Å². The Morgan fingerprint density at radius 3 is 2.90 bits per heavy atom. The van der Waals surface area contributed by atoms with Crippen LogP contribution in [0.2, 0.25) is 0 Å². The smallest absolute Gasteiger partial charge is 0.224 e. The van der Waals surface area contributed by atoms with Crippen LogP contribution in [-0.2, 0) is 9.53 Å². The number of rotatable bonds is 6. The van der Waals surface area contributed by atoms with Gasteiger partial charge in [-0.05, 0) is 37.1 Å². The maximum absolute atomic E-state index is 11.7. The molecule has 2 N–H and O–H groups in total. The fraction of sp³-hybridized carbons (Fsp3) is 0.438. The van der Waals surface area contributed by atoms with Crippen molar-refractivity contribution in [2.75, 3.05) is 25.6 Å². The maximum Gasteiger partial charge on any atom is 0.224 e. The van der Waals surface area contributed by atoms with Gasteiger partial charge >= 0.3 is 0 Å². The van der Waals surface area contributed by atoms with Crippen LogP contribution in [0.5, 0.6) is 0 Å². The van der Waals surface area contributed by atoms with E-state index in [1.54, 1.807) is 7.11 Å². The van der Waals surface area contributed by atoms with E-state index in [4.69, 9.17) is 9.84 Å². The van der Waals surface area contributed by atoms with Crippen molar-refractivity contribution in [1.82, 2.24) is 0 Å². The Bertz CT molecular complexity index is 500. The average molecular weight is 275 g/mol. The molecule has 1 rings (SSSR count). The highest BCUT2D eigenvalue weighted by Crippen LogP contribution is 2.16. The molecule has 20 heavy (non-hydrogen) atoms. The quantitative estimate of drug-likeness (QED) is 0.617. The highest BCUT2D eigenvalue weighted by molar-refractivity contribution is 5.91. The number of ether oxygens (including phenoxy) is 1. The second kappa shape index (κ2) is 9.13. The topological polar surface area (TPSA) is 58.6 Å². The molecule has 0 radical (unpaired) electrons. The number of carbonyl (C=O) groups is 1. The molecule has 0 bridgehead atoms. The lowest BCUT2D eigenvalue weighted by molar-refractivity contribution is -0.116. The van der Waals surface area contributed by atoms with Crippen LogP contribution in [-0.4, -0.2) is 31.3 Å². The molecule has 0 atom stereocenters. The van der Waals surface area contributed by atoms with Gasteiger partial charge in [-0.25, -0.2) is 0 Å². The number of hydrogen-bond acceptors (Lipinski definition) is 3. The molecule has 1 amide bonds. The van der Waals surface area contributed by atoms with Crippen LogP contribution in [0.1, 0.15) is 30.4 Å². The van der Waals surface area contributed by atoms with E-state index >= 15 is 0 Å². The molecule has 0 fully saturated rings. The Hall–Kier alpha value is -1.83. The van der Waals surface area contributed by atoms with E-state index in [0.717, 1.165) is 16.8 Å². The van der Waals surface area contributed by atoms with Gasteiger partial charge in [-0.3, -0.25) is 4.79 Å². The minimum atomic E-state index is -0.00994. The first-order valence-electron chi connectivity index (χ1n) is 6.66. The van der Waals surface area contributed by atoms with E-state index in [1.807, 2.05) is 25.1 Å². The number of benzene rings is 1. The summed E-state index contributed by atoms with van der Waals surface area (Å²) in [7, 11) is 1.62. The third-order valence-electron chi connectivity index (χ3n) is 2.72. The first-order chi connectivity index (χ1) is 9.67. The van der Waals surface area contributed by atoms with E-state index in [9.17, 15) is 4.79 Å². The van der Waals surface area contributed by atoms with Gasteiger partial charge < -0.3 is 15.2 Å². The minimum absolute atomic E-state index is 0.00994. The molecular formula is C16H21NO3. The van der Waals surface area contributed by atoms with Gasteiger partial charge in [0, 0.05) is 37.8 Å². The summed E-state index contributed by atoms with van der Waals surface area (Å²) in [5.74, 6) is 5.83. The Kier molecular flexibility index (Phi) is 7.41. The van der Waals surface area contributed by atoms with Gasteiger partial charge in [0.15, 0.2) is 0 Å². The van der Waals surface area contributed by atoms with Crippen molar-refractivity contribution in [2.45, 2.75) is 26.2 Å². The van der Waals surface area contributed by atoms with E-state index < -0.39 is 0 Å². The molecule has 0 aliphatic heterocycles. The molecule has 1 aromatic carbocycles. The highest BCUT2D eigenvalue weighted by atomic mass is 16.5. The van der Waals surface area contributed by atoms with Gasteiger partial charge in [0.25, 0.3) is 0 Å². The SMILES string of the molecule is COCCCC(=O)Nc1ccc(C#CCCO)cc1C. The lowest BCUT2D eigenvalue weighted by Gasteiger charge is -2.08. The molecule has 4 heteroatoms. The standard InChI is InChI=1S/C16H21NO3/c1-13-12-14(6-3-4-10-18)8-9-15(13)17-16(19)7-5-11-20-2/h8-9,12,18H,4-5,7,10-11H2,1-2H3,(H,17,19). The average Bonchev–Trinajstić information content (AvgIpc) is 2.42. The monoisotopic (exact) mass is 275 g/mol. The second-order valence-electron chi connectivity index (χ2n) is 4.45. The van der Waals surface area contributed by atoms with E-state index in [1.165, 1.54) is 0 Å². The van der Waals surface area contributed by atoms with Gasteiger partial charge in [0.05, 0.1) is 6.61 Å². The summed E-state index contributed by atoms with van der Waals surface area (Å²) >= 11 is 0. The number of aliphatic hydroxyl groups is 1. The highest BCUT2D eigenvalue weighted by Gasteiger charge is 2.04. The van der Waals surface area contributed by atoms with E-state index in [2.05, 4.69) is 17.2 Å². The summed E-state index contributed by atoms with van der Waals surface area (Å²) in [6, 6.07) is 5.64. The normalized spacial score (nSPS) is 9.75.